The summed E-state index contributed by atoms with van der Waals surface area (Å²) in [6.07, 6.45) is 4.05. The van der Waals surface area contributed by atoms with Crippen LogP contribution in [0.25, 0.3) is 21.3 Å². The summed E-state index contributed by atoms with van der Waals surface area (Å²) in [5.74, 6) is 0.706. The van der Waals surface area contributed by atoms with Crippen molar-refractivity contribution in [1.82, 2.24) is 10.3 Å². The van der Waals surface area contributed by atoms with Gasteiger partial charge < -0.3 is 30.9 Å². The first-order chi connectivity index (χ1) is 27.9. The van der Waals surface area contributed by atoms with Crippen molar-refractivity contribution in [2.45, 2.75) is 80.9 Å². The van der Waals surface area contributed by atoms with Crippen molar-refractivity contribution in [1.29, 1.82) is 0 Å². The van der Waals surface area contributed by atoms with E-state index in [4.69, 9.17) is 20.2 Å². The second-order valence-electron chi connectivity index (χ2n) is 14.2. The Morgan fingerprint density at radius 2 is 1.49 bits per heavy atom. The number of aliphatic hydroxyl groups excluding tert-OH is 1. The first kappa shape index (κ1) is 40.2. The molecule has 1 saturated heterocycles. The Morgan fingerprint density at radius 3 is 2.26 bits per heavy atom. The van der Waals surface area contributed by atoms with Gasteiger partial charge in [0.2, 0.25) is 11.8 Å². The molecule has 0 aliphatic carbocycles. The van der Waals surface area contributed by atoms with Gasteiger partial charge in [0.15, 0.2) is 10.6 Å². The van der Waals surface area contributed by atoms with Crippen molar-refractivity contribution in [2.75, 3.05) is 16.8 Å². The molecule has 1 aliphatic rings. The van der Waals surface area contributed by atoms with Crippen molar-refractivity contribution in [3.05, 3.63) is 144 Å². The first-order valence-corrected chi connectivity index (χ1v) is 21.3. The molecule has 9 nitrogen and oxygen atoms in total. The predicted octanol–water partition coefficient (Wildman–Crippen LogP) is 9.97. The molecule has 11 heteroatoms. The maximum atomic E-state index is 12.8. The third-order valence-electron chi connectivity index (χ3n) is 10.1. The number of unbranched alkanes of at least 4 members (excludes halogenated alkanes) is 3. The number of thiazole rings is 1. The Hall–Kier alpha value is -5.04. The lowest BCUT2D eigenvalue weighted by Crippen LogP contribution is -2.31. The summed E-state index contributed by atoms with van der Waals surface area (Å²) in [6, 6.07) is 39.8. The van der Waals surface area contributed by atoms with Crippen molar-refractivity contribution in [3.63, 3.8) is 0 Å². The number of anilines is 2. The summed E-state index contributed by atoms with van der Waals surface area (Å²) >= 11 is 3.42. The van der Waals surface area contributed by atoms with Gasteiger partial charge in [-0.25, -0.2) is 4.98 Å². The highest BCUT2D eigenvalue weighted by molar-refractivity contribution is 8.01. The third kappa shape index (κ3) is 11.1. The Labute approximate surface area is 342 Å². The molecule has 0 saturated carbocycles. The van der Waals surface area contributed by atoms with E-state index in [0.717, 1.165) is 74.7 Å². The van der Waals surface area contributed by atoms with Crippen molar-refractivity contribution < 1.29 is 24.2 Å². The fraction of sp³-hybridized carbons (Fsp3) is 0.283. The molecule has 294 valence electrons. The molecule has 0 radical (unpaired) electrons. The van der Waals surface area contributed by atoms with Gasteiger partial charge in [0.05, 0.1) is 40.4 Å². The van der Waals surface area contributed by atoms with Crippen LogP contribution in [0, 0.1) is 0 Å². The number of nitrogen functional groups attached to an aromatic ring is 1. The molecular weight excluding hydrogens is 753 g/mol. The van der Waals surface area contributed by atoms with Gasteiger partial charge in [-0.15, -0.1) is 11.3 Å². The zero-order valence-corrected chi connectivity index (χ0v) is 33.4. The number of thioether (sulfide) groups is 1. The van der Waals surface area contributed by atoms with E-state index in [-0.39, 0.29) is 30.6 Å². The molecule has 2 heterocycles. The number of fused-ring (bicyclic) bond motifs is 1. The van der Waals surface area contributed by atoms with Crippen LogP contribution >= 0.6 is 23.1 Å². The van der Waals surface area contributed by atoms with Gasteiger partial charge in [0.1, 0.15) is 0 Å². The summed E-state index contributed by atoms with van der Waals surface area (Å²) in [5.41, 5.74) is 14.1. The number of para-hydroxylation sites is 3. The molecule has 5 aromatic carbocycles. The summed E-state index contributed by atoms with van der Waals surface area (Å²) in [5, 5.41) is 15.6. The predicted molar refractivity (Wildman–Crippen MR) is 230 cm³/mol. The number of nitrogens with two attached hydrogens (primary N) is 1. The molecule has 3 unspecified atom stereocenters. The van der Waals surface area contributed by atoms with Gasteiger partial charge in [-0.2, -0.15) is 0 Å². The number of nitrogens with zero attached hydrogens (tertiary/aromatic N) is 1. The Bertz CT molecular complexity index is 2210. The summed E-state index contributed by atoms with van der Waals surface area (Å²) in [6.45, 7) is 0.428. The number of rotatable bonds is 17. The molecule has 0 bridgehead atoms. The molecule has 2 amide bonds. The van der Waals surface area contributed by atoms with E-state index in [2.05, 4.69) is 47.0 Å². The maximum Gasteiger partial charge on any atom is 0.224 e. The zero-order chi connectivity index (χ0) is 39.4. The minimum Gasteiger partial charge on any atom is -0.397 e. The Balaban J connectivity index is 0.921. The van der Waals surface area contributed by atoms with Gasteiger partial charge in [0, 0.05) is 37.1 Å². The van der Waals surface area contributed by atoms with E-state index in [1.165, 1.54) is 4.70 Å². The number of ether oxygens (including phenoxy) is 2. The second kappa shape index (κ2) is 19.9. The zero-order valence-electron chi connectivity index (χ0n) is 31.8. The second-order valence-corrected chi connectivity index (χ2v) is 16.5. The average Bonchev–Trinajstić information content (AvgIpc) is 3.68. The van der Waals surface area contributed by atoms with E-state index >= 15 is 0 Å². The number of carbonyl (C=O) groups excluding carboxylic acids is 2. The van der Waals surface area contributed by atoms with Gasteiger partial charge in [-0.1, -0.05) is 122 Å². The standard InChI is InChI=1S/C46H48N4O5S2/c47-38-13-7-8-14-39(38)49-44(53)18-4-2-1-3-17-43(52)48-28-35-11-5-6-12-37(35)32-23-25-34(26-24-32)45-54-36(27-41(55-45)33-21-19-31(29-51)20-22-33)30-56-46-50-40-15-9-10-16-42(40)57-46/h5-16,19-26,36,41,45,51H,1-4,17-18,27-30,47H2,(H,48,52)(H,49,53). The van der Waals surface area contributed by atoms with E-state index in [1.807, 2.05) is 72.8 Å². The number of amides is 2. The first-order valence-electron chi connectivity index (χ1n) is 19.5. The monoisotopic (exact) mass is 800 g/mol. The van der Waals surface area contributed by atoms with Gasteiger partial charge in [-0.05, 0) is 64.9 Å². The molecule has 1 fully saturated rings. The van der Waals surface area contributed by atoms with Crippen LogP contribution < -0.4 is 16.4 Å². The number of benzene rings is 5. The molecular formula is C46H48N4O5S2. The summed E-state index contributed by atoms with van der Waals surface area (Å²) in [4.78, 5) is 29.9. The summed E-state index contributed by atoms with van der Waals surface area (Å²) < 4.78 is 15.4. The number of aromatic nitrogens is 1. The third-order valence-corrected chi connectivity index (χ3v) is 12.4. The Morgan fingerprint density at radius 1 is 0.789 bits per heavy atom. The van der Waals surface area contributed by atoms with Crippen LogP contribution in [0.1, 0.15) is 79.6 Å². The largest absolute Gasteiger partial charge is 0.397 e. The fourth-order valence-electron chi connectivity index (χ4n) is 6.91. The van der Waals surface area contributed by atoms with Crippen molar-refractivity contribution in [2.24, 2.45) is 0 Å². The highest BCUT2D eigenvalue weighted by Crippen LogP contribution is 2.41. The smallest absolute Gasteiger partial charge is 0.224 e. The highest BCUT2D eigenvalue weighted by atomic mass is 32.2. The van der Waals surface area contributed by atoms with Crippen LogP contribution in [-0.4, -0.2) is 33.8 Å². The topological polar surface area (TPSA) is 136 Å². The fourth-order valence-corrected chi connectivity index (χ4v) is 9.02. The Kier molecular flexibility index (Phi) is 14.0. The lowest BCUT2D eigenvalue weighted by molar-refractivity contribution is -0.245. The van der Waals surface area contributed by atoms with Crippen LogP contribution in [0.4, 0.5) is 11.4 Å². The molecule has 5 N–H and O–H groups in total. The molecule has 1 aliphatic heterocycles. The van der Waals surface area contributed by atoms with E-state index in [9.17, 15) is 14.7 Å². The number of nitrogens with one attached hydrogen (secondary N) is 2. The van der Waals surface area contributed by atoms with Crippen molar-refractivity contribution >= 4 is 56.5 Å². The van der Waals surface area contributed by atoms with Crippen LogP contribution in [-0.2, 0) is 32.2 Å². The maximum absolute atomic E-state index is 12.8. The minimum atomic E-state index is -0.559. The number of hydrogen-bond acceptors (Lipinski definition) is 9. The van der Waals surface area contributed by atoms with Gasteiger partial charge in [0.25, 0.3) is 0 Å². The van der Waals surface area contributed by atoms with Gasteiger partial charge >= 0.3 is 0 Å². The van der Waals surface area contributed by atoms with Gasteiger partial charge in [-0.3, -0.25) is 9.59 Å². The minimum absolute atomic E-state index is 0.00221. The summed E-state index contributed by atoms with van der Waals surface area (Å²) in [7, 11) is 0. The van der Waals surface area contributed by atoms with Crippen LogP contribution in [0.15, 0.2) is 126 Å². The molecule has 7 rings (SSSR count). The number of carbonyl (C=O) groups is 2. The quantitative estimate of drug-likeness (QED) is 0.0407. The highest BCUT2D eigenvalue weighted by Gasteiger charge is 2.32. The number of hydrogen-bond donors (Lipinski definition) is 4. The van der Waals surface area contributed by atoms with E-state index < -0.39 is 6.29 Å². The molecule has 3 atom stereocenters. The number of aliphatic hydroxyl groups is 1. The molecule has 6 aromatic rings. The molecule has 1 aromatic heterocycles. The van der Waals surface area contributed by atoms with Crippen molar-refractivity contribution in [3.8, 4) is 11.1 Å². The van der Waals surface area contributed by atoms with Crippen LogP contribution in [0.3, 0.4) is 0 Å². The average molecular weight is 801 g/mol. The van der Waals surface area contributed by atoms with E-state index in [1.54, 1.807) is 35.2 Å². The molecule has 0 spiro atoms. The lowest BCUT2D eigenvalue weighted by Gasteiger charge is -2.36. The molecule has 57 heavy (non-hydrogen) atoms. The van der Waals surface area contributed by atoms with Crippen LogP contribution in [0.5, 0.6) is 0 Å². The normalized spacial score (nSPS) is 16.7. The van der Waals surface area contributed by atoms with Crippen LogP contribution in [0.2, 0.25) is 0 Å². The lowest BCUT2D eigenvalue weighted by atomic mass is 9.97. The van der Waals surface area contributed by atoms with E-state index in [0.29, 0.717) is 37.2 Å². The SMILES string of the molecule is Nc1ccccc1NC(=O)CCCCCCC(=O)NCc1ccccc1-c1ccc(C2OC(CSc3nc4ccccc4s3)CC(c3ccc(CO)cc3)O2)cc1.